The summed E-state index contributed by atoms with van der Waals surface area (Å²) in [4.78, 5) is 2.30. The van der Waals surface area contributed by atoms with E-state index >= 15 is 0 Å². The second-order valence-corrected chi connectivity index (χ2v) is 4.09. The first-order valence-electron chi connectivity index (χ1n) is 4.59. The Bertz CT molecular complexity index is 223. The molecule has 0 aliphatic carbocycles. The minimum absolute atomic E-state index is 1.14. The topological polar surface area (TPSA) is 3.24 Å². The highest BCUT2D eigenvalue weighted by Crippen LogP contribution is 2.11. The average molecular weight is 195 g/mol. The van der Waals surface area contributed by atoms with Crippen LogP contribution >= 0.6 is 11.8 Å². The summed E-state index contributed by atoms with van der Waals surface area (Å²) < 4.78 is 0. The summed E-state index contributed by atoms with van der Waals surface area (Å²) in [6.07, 6.45) is 3.41. The van der Waals surface area contributed by atoms with Crippen molar-refractivity contribution in [3.8, 4) is 0 Å². The number of hydrogen-bond acceptors (Lipinski definition) is 2. The van der Waals surface area contributed by atoms with Gasteiger partial charge in [-0.2, -0.15) is 11.8 Å². The van der Waals surface area contributed by atoms with E-state index in [1.54, 1.807) is 0 Å². The Kier molecular flexibility index (Phi) is 4.76. The Morgan fingerprint density at radius 3 is 2.54 bits per heavy atom. The molecule has 0 bridgehead atoms. The highest BCUT2D eigenvalue weighted by Gasteiger charge is 1.97. The molecule has 72 valence electrons. The van der Waals surface area contributed by atoms with Crippen LogP contribution in [0.4, 0.5) is 5.69 Å². The summed E-state index contributed by atoms with van der Waals surface area (Å²) in [6.45, 7) is 1.14. The molecule has 0 saturated heterocycles. The molecule has 0 radical (unpaired) electrons. The maximum atomic E-state index is 2.30. The lowest BCUT2D eigenvalue weighted by atomic mass is 10.3. The van der Waals surface area contributed by atoms with E-state index in [1.165, 1.54) is 17.9 Å². The van der Waals surface area contributed by atoms with Crippen molar-refractivity contribution in [2.45, 2.75) is 6.42 Å². The molecular weight excluding hydrogens is 178 g/mol. The fraction of sp³-hybridized carbons (Fsp3) is 0.455. The molecule has 0 aliphatic heterocycles. The van der Waals surface area contributed by atoms with Crippen molar-refractivity contribution in [3.63, 3.8) is 0 Å². The monoisotopic (exact) mass is 195 g/mol. The Hall–Kier alpha value is -0.630. The van der Waals surface area contributed by atoms with Crippen LogP contribution < -0.4 is 4.90 Å². The van der Waals surface area contributed by atoms with Crippen molar-refractivity contribution < 1.29 is 0 Å². The molecule has 0 heterocycles. The molecule has 2 heteroatoms. The summed E-state index contributed by atoms with van der Waals surface area (Å²) in [5, 5.41) is 0. The van der Waals surface area contributed by atoms with Gasteiger partial charge in [0.15, 0.2) is 0 Å². The third-order valence-electron chi connectivity index (χ3n) is 2.04. The van der Waals surface area contributed by atoms with Crippen LogP contribution in [0.3, 0.4) is 0 Å². The van der Waals surface area contributed by atoms with Gasteiger partial charge in [0.2, 0.25) is 0 Å². The number of nitrogens with zero attached hydrogens (tertiary/aromatic N) is 1. The Labute approximate surface area is 85.1 Å². The first-order valence-corrected chi connectivity index (χ1v) is 5.99. The summed E-state index contributed by atoms with van der Waals surface area (Å²) in [5.74, 6) is 1.25. The van der Waals surface area contributed by atoms with Gasteiger partial charge in [0, 0.05) is 19.3 Å². The lowest BCUT2D eigenvalue weighted by Gasteiger charge is -2.18. The van der Waals surface area contributed by atoms with Gasteiger partial charge in [-0.1, -0.05) is 18.2 Å². The zero-order valence-corrected chi connectivity index (χ0v) is 9.18. The zero-order chi connectivity index (χ0) is 9.52. The highest BCUT2D eigenvalue weighted by atomic mass is 32.2. The molecule has 0 fully saturated rings. The average Bonchev–Trinajstić information content (AvgIpc) is 2.19. The zero-order valence-electron chi connectivity index (χ0n) is 8.36. The van der Waals surface area contributed by atoms with Gasteiger partial charge in [0.05, 0.1) is 0 Å². The van der Waals surface area contributed by atoms with Crippen LogP contribution in [-0.2, 0) is 0 Å². The molecule has 0 aromatic heterocycles. The van der Waals surface area contributed by atoms with Crippen LogP contribution in [0, 0.1) is 0 Å². The van der Waals surface area contributed by atoms with Gasteiger partial charge in [-0.25, -0.2) is 0 Å². The lowest BCUT2D eigenvalue weighted by Crippen LogP contribution is -2.18. The van der Waals surface area contributed by atoms with Crippen LogP contribution in [-0.4, -0.2) is 25.6 Å². The predicted molar refractivity (Wildman–Crippen MR) is 62.7 cm³/mol. The van der Waals surface area contributed by atoms with E-state index in [0.717, 1.165) is 6.54 Å². The van der Waals surface area contributed by atoms with Gasteiger partial charge in [0.1, 0.15) is 0 Å². The van der Waals surface area contributed by atoms with Crippen molar-refractivity contribution in [1.82, 2.24) is 0 Å². The minimum atomic E-state index is 1.14. The molecule has 1 aromatic carbocycles. The molecule has 1 nitrogen and oxygen atoms in total. The molecule has 13 heavy (non-hydrogen) atoms. The Balaban J connectivity index is 2.35. The van der Waals surface area contributed by atoms with Crippen LogP contribution in [0.15, 0.2) is 30.3 Å². The summed E-state index contributed by atoms with van der Waals surface area (Å²) in [7, 11) is 2.15. The molecule has 0 saturated carbocycles. The summed E-state index contributed by atoms with van der Waals surface area (Å²) in [6, 6.07) is 10.5. The number of benzene rings is 1. The standard InChI is InChI=1S/C11H17NS/c1-12(9-6-10-13-2)11-7-4-3-5-8-11/h3-5,7-8H,6,9-10H2,1-2H3. The fourth-order valence-corrected chi connectivity index (χ4v) is 1.68. The second-order valence-electron chi connectivity index (χ2n) is 3.10. The Morgan fingerprint density at radius 2 is 1.92 bits per heavy atom. The van der Waals surface area contributed by atoms with Crippen molar-refractivity contribution in [2.24, 2.45) is 0 Å². The summed E-state index contributed by atoms with van der Waals surface area (Å²) in [5.41, 5.74) is 1.31. The van der Waals surface area contributed by atoms with Gasteiger partial charge in [-0.3, -0.25) is 0 Å². The van der Waals surface area contributed by atoms with E-state index in [9.17, 15) is 0 Å². The van der Waals surface area contributed by atoms with Crippen LogP contribution in [0.25, 0.3) is 0 Å². The number of para-hydroxylation sites is 1. The largest absolute Gasteiger partial charge is 0.375 e. The molecule has 0 atom stereocenters. The van der Waals surface area contributed by atoms with E-state index in [2.05, 4.69) is 48.5 Å². The normalized spacial score (nSPS) is 10.0. The number of anilines is 1. The molecular formula is C11H17NS. The van der Waals surface area contributed by atoms with E-state index in [-0.39, 0.29) is 0 Å². The van der Waals surface area contributed by atoms with E-state index < -0.39 is 0 Å². The number of thioether (sulfide) groups is 1. The lowest BCUT2D eigenvalue weighted by molar-refractivity contribution is 0.860. The number of hydrogen-bond donors (Lipinski definition) is 0. The van der Waals surface area contributed by atoms with Gasteiger partial charge < -0.3 is 4.90 Å². The Morgan fingerprint density at radius 1 is 1.23 bits per heavy atom. The predicted octanol–water partition coefficient (Wildman–Crippen LogP) is 2.88. The molecule has 0 spiro atoms. The molecule has 0 amide bonds. The van der Waals surface area contributed by atoms with Crippen molar-refractivity contribution in [1.29, 1.82) is 0 Å². The third-order valence-corrected chi connectivity index (χ3v) is 2.74. The van der Waals surface area contributed by atoms with Crippen molar-refractivity contribution in [3.05, 3.63) is 30.3 Å². The van der Waals surface area contributed by atoms with E-state index in [0.29, 0.717) is 0 Å². The van der Waals surface area contributed by atoms with Gasteiger partial charge in [-0.15, -0.1) is 0 Å². The van der Waals surface area contributed by atoms with Crippen molar-refractivity contribution >= 4 is 17.4 Å². The first kappa shape index (κ1) is 10.5. The van der Waals surface area contributed by atoms with Crippen LogP contribution in [0.5, 0.6) is 0 Å². The SMILES string of the molecule is CSCCCN(C)c1ccccc1. The highest BCUT2D eigenvalue weighted by molar-refractivity contribution is 7.98. The van der Waals surface area contributed by atoms with E-state index in [1.807, 2.05) is 11.8 Å². The minimum Gasteiger partial charge on any atom is -0.375 e. The quantitative estimate of drug-likeness (QED) is 0.665. The third kappa shape index (κ3) is 3.73. The maximum absolute atomic E-state index is 2.30. The smallest absolute Gasteiger partial charge is 0.0363 e. The van der Waals surface area contributed by atoms with Gasteiger partial charge in [-0.05, 0) is 30.6 Å². The van der Waals surface area contributed by atoms with Crippen LogP contribution in [0.1, 0.15) is 6.42 Å². The maximum Gasteiger partial charge on any atom is 0.0363 e. The number of rotatable bonds is 5. The second kappa shape index (κ2) is 5.92. The summed E-state index contributed by atoms with van der Waals surface area (Å²) >= 11 is 1.91. The van der Waals surface area contributed by atoms with Crippen LogP contribution in [0.2, 0.25) is 0 Å². The van der Waals surface area contributed by atoms with E-state index in [4.69, 9.17) is 0 Å². The molecule has 0 unspecified atom stereocenters. The molecule has 1 rings (SSSR count). The molecule has 0 aliphatic rings. The first-order chi connectivity index (χ1) is 6.34. The van der Waals surface area contributed by atoms with Gasteiger partial charge in [0.25, 0.3) is 0 Å². The fourth-order valence-electron chi connectivity index (χ4n) is 1.26. The van der Waals surface area contributed by atoms with Crippen molar-refractivity contribution in [2.75, 3.05) is 30.5 Å². The van der Waals surface area contributed by atoms with Gasteiger partial charge >= 0.3 is 0 Å². The molecule has 0 N–H and O–H groups in total. The molecule has 1 aromatic rings.